The van der Waals surface area contributed by atoms with Gasteiger partial charge in [-0.15, -0.1) is 0 Å². The Kier molecular flexibility index (Phi) is 3.94. The molecule has 2 aromatic rings. The fraction of sp³-hybridized carbons (Fsp3) is 0.214. The molecular weight excluding hydrogens is 251 g/mol. The van der Waals surface area contributed by atoms with Gasteiger partial charge in [0, 0.05) is 17.5 Å². The second-order valence-electron chi connectivity index (χ2n) is 4.10. The van der Waals surface area contributed by atoms with Gasteiger partial charge in [-0.2, -0.15) is 0 Å². The van der Waals surface area contributed by atoms with Crippen molar-refractivity contribution in [3.05, 3.63) is 64.2 Å². The Bertz CT molecular complexity index is 540. The number of aromatic nitrogens is 1. The van der Waals surface area contributed by atoms with Crippen LogP contribution in [-0.2, 0) is 0 Å². The number of aryl methyl sites for hydroxylation is 1. The van der Waals surface area contributed by atoms with Crippen molar-refractivity contribution in [3.63, 3.8) is 0 Å². The summed E-state index contributed by atoms with van der Waals surface area (Å²) in [5, 5.41) is 3.22. The molecule has 0 radical (unpaired) electrons. The highest BCUT2D eigenvalue weighted by Crippen LogP contribution is 2.27. The summed E-state index contributed by atoms with van der Waals surface area (Å²) in [4.78, 5) is 4.23. The largest absolute Gasteiger partial charge is 0.309 e. The van der Waals surface area contributed by atoms with Crippen molar-refractivity contribution in [1.82, 2.24) is 10.3 Å². The van der Waals surface area contributed by atoms with Gasteiger partial charge in [-0.25, -0.2) is 4.39 Å². The number of nitrogens with one attached hydrogen (secondary N) is 1. The molecule has 0 aliphatic heterocycles. The smallest absolute Gasteiger partial charge is 0.146 e. The molecule has 0 amide bonds. The molecule has 0 saturated heterocycles. The van der Waals surface area contributed by atoms with Gasteiger partial charge in [-0.3, -0.25) is 4.98 Å². The number of pyridine rings is 1. The van der Waals surface area contributed by atoms with E-state index in [1.807, 2.05) is 19.1 Å². The first-order valence-electron chi connectivity index (χ1n) is 5.67. The lowest BCUT2D eigenvalue weighted by atomic mass is 9.99. The Morgan fingerprint density at radius 3 is 2.67 bits per heavy atom. The third-order valence-corrected chi connectivity index (χ3v) is 3.14. The molecular formula is C14H14ClFN2. The van der Waals surface area contributed by atoms with Gasteiger partial charge in [0.25, 0.3) is 0 Å². The summed E-state index contributed by atoms with van der Waals surface area (Å²) in [7, 11) is 1.78. The van der Waals surface area contributed by atoms with Crippen LogP contribution < -0.4 is 5.32 Å². The van der Waals surface area contributed by atoms with Crippen LogP contribution in [0.1, 0.15) is 22.9 Å². The predicted octanol–water partition coefficient (Wildman–Crippen LogP) is 3.49. The molecule has 0 fully saturated rings. The molecule has 1 aromatic heterocycles. The molecule has 1 unspecified atom stereocenters. The van der Waals surface area contributed by atoms with Crippen molar-refractivity contribution in [2.75, 3.05) is 7.05 Å². The van der Waals surface area contributed by atoms with Gasteiger partial charge in [0.05, 0.1) is 11.1 Å². The molecule has 1 aromatic carbocycles. The Hall–Kier alpha value is -1.45. The summed E-state index contributed by atoms with van der Waals surface area (Å²) in [5.41, 5.74) is 2.36. The molecule has 18 heavy (non-hydrogen) atoms. The van der Waals surface area contributed by atoms with E-state index in [0.29, 0.717) is 5.56 Å². The number of hydrogen-bond donors (Lipinski definition) is 1. The van der Waals surface area contributed by atoms with Crippen molar-refractivity contribution in [2.24, 2.45) is 0 Å². The SMILES string of the molecule is CNC(c1ccc(C)nc1)c1cccc(Cl)c1F. The molecule has 4 heteroatoms. The quantitative estimate of drug-likeness (QED) is 0.918. The van der Waals surface area contributed by atoms with Gasteiger partial charge in [0.2, 0.25) is 0 Å². The lowest BCUT2D eigenvalue weighted by Crippen LogP contribution is -2.19. The maximum absolute atomic E-state index is 14.0. The van der Waals surface area contributed by atoms with Crippen LogP contribution in [0.15, 0.2) is 36.5 Å². The van der Waals surface area contributed by atoms with E-state index >= 15 is 0 Å². The van der Waals surface area contributed by atoms with Gasteiger partial charge in [-0.1, -0.05) is 29.8 Å². The Labute approximate surface area is 111 Å². The fourth-order valence-corrected chi connectivity index (χ4v) is 2.08. The number of rotatable bonds is 3. The highest BCUT2D eigenvalue weighted by molar-refractivity contribution is 6.30. The van der Waals surface area contributed by atoms with Crippen LogP contribution in [0.25, 0.3) is 0 Å². The lowest BCUT2D eigenvalue weighted by molar-refractivity contribution is 0.576. The molecule has 0 aliphatic rings. The van der Waals surface area contributed by atoms with Crippen LogP contribution in [0.4, 0.5) is 4.39 Å². The molecule has 1 N–H and O–H groups in total. The average molecular weight is 265 g/mol. The minimum absolute atomic E-state index is 0.132. The van der Waals surface area contributed by atoms with Crippen molar-refractivity contribution in [2.45, 2.75) is 13.0 Å². The highest BCUT2D eigenvalue weighted by atomic mass is 35.5. The third-order valence-electron chi connectivity index (χ3n) is 2.85. The van der Waals surface area contributed by atoms with Gasteiger partial charge in [-0.05, 0) is 31.7 Å². The van der Waals surface area contributed by atoms with E-state index in [1.165, 1.54) is 0 Å². The molecule has 0 saturated carbocycles. The predicted molar refractivity (Wildman–Crippen MR) is 71.3 cm³/mol. The number of halogens is 2. The Balaban J connectivity index is 2.45. The minimum Gasteiger partial charge on any atom is -0.309 e. The summed E-state index contributed by atoms with van der Waals surface area (Å²) in [6.45, 7) is 1.91. The monoisotopic (exact) mass is 264 g/mol. The van der Waals surface area contributed by atoms with Crippen molar-refractivity contribution in [1.29, 1.82) is 0 Å². The number of benzene rings is 1. The van der Waals surface area contributed by atoms with Gasteiger partial charge in [0.15, 0.2) is 0 Å². The van der Waals surface area contributed by atoms with Crippen LogP contribution in [0.5, 0.6) is 0 Å². The van der Waals surface area contributed by atoms with Crippen molar-refractivity contribution < 1.29 is 4.39 Å². The second-order valence-corrected chi connectivity index (χ2v) is 4.50. The molecule has 94 valence electrons. The van der Waals surface area contributed by atoms with E-state index in [9.17, 15) is 4.39 Å². The topological polar surface area (TPSA) is 24.9 Å². The first-order valence-corrected chi connectivity index (χ1v) is 6.05. The van der Waals surface area contributed by atoms with Gasteiger partial charge in [0.1, 0.15) is 5.82 Å². The minimum atomic E-state index is -0.390. The normalized spacial score (nSPS) is 12.4. The standard InChI is InChI=1S/C14H14ClFN2/c1-9-6-7-10(8-18-9)14(17-2)11-4-3-5-12(15)13(11)16/h3-8,14,17H,1-2H3. The number of hydrogen-bond acceptors (Lipinski definition) is 2. The first-order chi connectivity index (χ1) is 8.63. The van der Waals surface area contributed by atoms with E-state index in [-0.39, 0.29) is 16.9 Å². The van der Waals surface area contributed by atoms with E-state index in [0.717, 1.165) is 11.3 Å². The van der Waals surface area contributed by atoms with Crippen LogP contribution in [0.3, 0.4) is 0 Å². The van der Waals surface area contributed by atoms with Crippen molar-refractivity contribution >= 4 is 11.6 Å². The Morgan fingerprint density at radius 1 is 1.28 bits per heavy atom. The van der Waals surface area contributed by atoms with Crippen LogP contribution in [0, 0.1) is 12.7 Å². The summed E-state index contributed by atoms with van der Waals surface area (Å²) >= 11 is 5.81. The zero-order valence-corrected chi connectivity index (χ0v) is 11.0. The molecule has 1 heterocycles. The first kappa shape index (κ1) is 13.0. The second kappa shape index (κ2) is 5.46. The third kappa shape index (κ3) is 2.52. The van der Waals surface area contributed by atoms with E-state index in [4.69, 9.17) is 11.6 Å². The molecule has 2 nitrogen and oxygen atoms in total. The Morgan fingerprint density at radius 2 is 2.06 bits per heavy atom. The van der Waals surface area contributed by atoms with E-state index in [1.54, 1.807) is 31.4 Å². The van der Waals surface area contributed by atoms with Gasteiger partial charge < -0.3 is 5.32 Å². The summed E-state index contributed by atoms with van der Waals surface area (Å²) in [6, 6.07) is 8.60. The maximum atomic E-state index is 14.0. The average Bonchev–Trinajstić information content (AvgIpc) is 2.37. The molecule has 0 bridgehead atoms. The summed E-state index contributed by atoms with van der Waals surface area (Å²) in [5.74, 6) is -0.390. The number of nitrogens with zero attached hydrogens (tertiary/aromatic N) is 1. The molecule has 0 aliphatic carbocycles. The van der Waals surface area contributed by atoms with Crippen LogP contribution >= 0.6 is 11.6 Å². The molecule has 0 spiro atoms. The van der Waals surface area contributed by atoms with E-state index < -0.39 is 0 Å². The zero-order chi connectivity index (χ0) is 13.1. The fourth-order valence-electron chi connectivity index (χ4n) is 1.90. The van der Waals surface area contributed by atoms with Crippen LogP contribution in [0.2, 0.25) is 5.02 Å². The summed E-state index contributed by atoms with van der Waals surface area (Å²) in [6.07, 6.45) is 1.75. The summed E-state index contributed by atoms with van der Waals surface area (Å²) < 4.78 is 14.0. The molecule has 2 rings (SSSR count). The molecule has 1 atom stereocenters. The zero-order valence-electron chi connectivity index (χ0n) is 10.2. The highest BCUT2D eigenvalue weighted by Gasteiger charge is 2.17. The van der Waals surface area contributed by atoms with E-state index in [2.05, 4.69) is 10.3 Å². The lowest BCUT2D eigenvalue weighted by Gasteiger charge is -2.18. The maximum Gasteiger partial charge on any atom is 0.146 e. The van der Waals surface area contributed by atoms with Crippen molar-refractivity contribution in [3.8, 4) is 0 Å². The van der Waals surface area contributed by atoms with Crippen LogP contribution in [-0.4, -0.2) is 12.0 Å². The van der Waals surface area contributed by atoms with Gasteiger partial charge >= 0.3 is 0 Å².